The Balaban J connectivity index is 2.68. The van der Waals surface area contributed by atoms with Crippen LogP contribution in [0.15, 0.2) is 11.8 Å². The van der Waals surface area contributed by atoms with Gasteiger partial charge in [0.15, 0.2) is 6.04 Å². The van der Waals surface area contributed by atoms with Gasteiger partial charge in [0.05, 0.1) is 26.1 Å². The first-order chi connectivity index (χ1) is 6.80. The van der Waals surface area contributed by atoms with Crippen molar-refractivity contribution in [2.45, 2.75) is 18.9 Å². The van der Waals surface area contributed by atoms with Crippen molar-refractivity contribution in [3.63, 3.8) is 0 Å². The van der Waals surface area contributed by atoms with Crippen molar-refractivity contribution in [1.29, 1.82) is 0 Å². The number of thiocarbonyl (C=S) groups is 1. The number of rotatable bonds is 4. The van der Waals surface area contributed by atoms with E-state index in [1.54, 1.807) is 0 Å². The molecule has 15 heavy (non-hydrogen) atoms. The minimum Gasteiger partial charge on any atom is -0.477 e. The summed E-state index contributed by atoms with van der Waals surface area (Å²) in [6, 6.07) is -0.418. The molecular weight excluding hydrogens is 212 g/mol. The Morgan fingerprint density at radius 3 is 2.60 bits per heavy atom. The van der Waals surface area contributed by atoms with E-state index in [0.29, 0.717) is 17.3 Å². The number of hydrogen-bond acceptors (Lipinski definition) is 2. The van der Waals surface area contributed by atoms with Crippen molar-refractivity contribution >= 4 is 23.2 Å². The Morgan fingerprint density at radius 2 is 2.27 bits per heavy atom. The van der Waals surface area contributed by atoms with Crippen molar-refractivity contribution < 1.29 is 14.4 Å². The zero-order valence-corrected chi connectivity index (χ0v) is 10.1. The van der Waals surface area contributed by atoms with Crippen molar-refractivity contribution in [3.05, 3.63) is 11.8 Å². The van der Waals surface area contributed by atoms with E-state index < -0.39 is 12.0 Å². The van der Waals surface area contributed by atoms with Crippen LogP contribution in [0, 0.1) is 0 Å². The number of hydrogen-bond donors (Lipinski definition) is 2. The molecule has 5 heteroatoms. The first kappa shape index (κ1) is 12.1. The number of carboxylic acid groups (broad SMARTS) is 1. The van der Waals surface area contributed by atoms with Gasteiger partial charge in [-0.1, -0.05) is 12.2 Å². The molecule has 84 valence electrons. The normalized spacial score (nSPS) is 18.3. The minimum absolute atomic E-state index is 0.416. The summed E-state index contributed by atoms with van der Waals surface area (Å²) in [6.07, 6.45) is 3.07. The largest absolute Gasteiger partial charge is 0.477 e. The molecule has 0 saturated carbocycles. The summed E-state index contributed by atoms with van der Waals surface area (Å²) in [5.41, 5.74) is 1.07. The number of nitrogens with zero attached hydrogens (tertiary/aromatic N) is 1. The van der Waals surface area contributed by atoms with Gasteiger partial charge in [0.25, 0.3) is 0 Å². The number of carbonyl (C=O) groups is 1. The average molecular weight is 229 g/mol. The molecule has 0 spiro atoms. The molecule has 0 bridgehead atoms. The third-order valence-corrected chi connectivity index (χ3v) is 2.76. The number of aliphatic carboxylic acids is 1. The predicted octanol–water partition coefficient (Wildman–Crippen LogP) is 0.741. The molecule has 1 heterocycles. The second kappa shape index (κ2) is 4.28. The van der Waals surface area contributed by atoms with Crippen LogP contribution in [-0.2, 0) is 4.79 Å². The first-order valence-electron chi connectivity index (χ1n) is 4.82. The van der Waals surface area contributed by atoms with E-state index in [1.807, 2.05) is 27.3 Å². The summed E-state index contributed by atoms with van der Waals surface area (Å²) < 4.78 is 0.416. The zero-order valence-electron chi connectivity index (χ0n) is 9.28. The summed E-state index contributed by atoms with van der Waals surface area (Å²) in [4.78, 5) is 11.9. The lowest BCUT2D eigenvalue weighted by molar-refractivity contribution is -0.887. The monoisotopic (exact) mass is 229 g/mol. The Kier molecular flexibility index (Phi) is 3.46. The molecular formula is C10H17N2O2S+. The van der Waals surface area contributed by atoms with Crippen LogP contribution in [-0.4, -0.2) is 47.7 Å². The second-order valence-corrected chi connectivity index (χ2v) is 5.21. The van der Waals surface area contributed by atoms with Crippen LogP contribution in [0.25, 0.3) is 0 Å². The van der Waals surface area contributed by atoms with Gasteiger partial charge in [-0.2, -0.15) is 0 Å². The molecule has 1 aliphatic rings. The highest BCUT2D eigenvalue weighted by Crippen LogP contribution is 2.19. The van der Waals surface area contributed by atoms with Crippen LogP contribution in [0.2, 0.25) is 0 Å². The first-order valence-corrected chi connectivity index (χ1v) is 5.22. The maximum Gasteiger partial charge on any atom is 0.362 e. The molecule has 1 aliphatic heterocycles. The SMILES string of the molecule is C[N+](C)(C)[C@@H](CC1=CNC(=S)C1)C(=O)O. The Hall–Kier alpha value is -0.940. The standard InChI is InChI=1S/C10H16N2O2S/c1-12(2,3)8(10(13)14)4-7-5-9(15)11-6-7/h6,8H,4-5H2,1-3H3,(H-,11,13,14,15)/p+1/t8-/m0/s1. The fourth-order valence-electron chi connectivity index (χ4n) is 1.56. The van der Waals surface area contributed by atoms with E-state index in [-0.39, 0.29) is 0 Å². The molecule has 0 saturated heterocycles. The van der Waals surface area contributed by atoms with E-state index in [4.69, 9.17) is 17.3 Å². The molecule has 0 aromatic carbocycles. The third kappa shape index (κ3) is 3.28. The van der Waals surface area contributed by atoms with Crippen LogP contribution in [0.1, 0.15) is 12.8 Å². The molecule has 0 amide bonds. The van der Waals surface area contributed by atoms with Gasteiger partial charge in [0, 0.05) is 19.0 Å². The summed E-state index contributed by atoms with van der Waals surface area (Å²) >= 11 is 4.99. The molecule has 1 atom stereocenters. The molecule has 0 unspecified atom stereocenters. The van der Waals surface area contributed by atoms with Crippen LogP contribution in [0.4, 0.5) is 0 Å². The lowest BCUT2D eigenvalue weighted by Gasteiger charge is -2.31. The Labute approximate surface area is 95.2 Å². The average Bonchev–Trinajstić information content (AvgIpc) is 2.44. The number of quaternary nitrogens is 1. The molecule has 0 aliphatic carbocycles. The molecule has 1 rings (SSSR count). The summed E-state index contributed by atoms with van der Waals surface area (Å²) in [7, 11) is 5.67. The quantitative estimate of drug-likeness (QED) is 0.551. The maximum absolute atomic E-state index is 11.1. The summed E-state index contributed by atoms with van der Waals surface area (Å²) in [5, 5.41) is 12.1. The van der Waals surface area contributed by atoms with Gasteiger partial charge in [-0.25, -0.2) is 4.79 Å². The van der Waals surface area contributed by atoms with Crippen molar-refractivity contribution in [2.24, 2.45) is 0 Å². The molecule has 0 radical (unpaired) electrons. The van der Waals surface area contributed by atoms with Gasteiger partial charge in [0.2, 0.25) is 0 Å². The smallest absolute Gasteiger partial charge is 0.362 e. The van der Waals surface area contributed by atoms with Crippen LogP contribution >= 0.6 is 12.2 Å². The lowest BCUT2D eigenvalue weighted by atomic mass is 10.0. The Bertz CT molecular complexity index is 318. The zero-order chi connectivity index (χ0) is 11.6. The summed E-state index contributed by atoms with van der Waals surface area (Å²) in [5.74, 6) is -0.763. The highest BCUT2D eigenvalue weighted by molar-refractivity contribution is 7.80. The van der Waals surface area contributed by atoms with Gasteiger partial charge in [-0.15, -0.1) is 0 Å². The maximum atomic E-state index is 11.1. The number of nitrogens with one attached hydrogen (secondary N) is 1. The van der Waals surface area contributed by atoms with Gasteiger partial charge in [-0.05, 0) is 5.57 Å². The molecule has 2 N–H and O–H groups in total. The van der Waals surface area contributed by atoms with Crippen molar-refractivity contribution in [1.82, 2.24) is 5.32 Å². The van der Waals surface area contributed by atoms with E-state index in [2.05, 4.69) is 5.32 Å². The second-order valence-electron chi connectivity index (χ2n) is 4.72. The molecule has 0 aromatic rings. The highest BCUT2D eigenvalue weighted by atomic mass is 32.1. The lowest BCUT2D eigenvalue weighted by Crippen LogP contribution is -2.49. The Morgan fingerprint density at radius 1 is 1.67 bits per heavy atom. The van der Waals surface area contributed by atoms with Crippen LogP contribution < -0.4 is 5.32 Å². The topological polar surface area (TPSA) is 49.3 Å². The van der Waals surface area contributed by atoms with Gasteiger partial charge < -0.3 is 14.9 Å². The van der Waals surface area contributed by atoms with Crippen LogP contribution in [0.3, 0.4) is 0 Å². The highest BCUT2D eigenvalue weighted by Gasteiger charge is 2.32. The summed E-state index contributed by atoms with van der Waals surface area (Å²) in [6.45, 7) is 0. The molecule has 4 nitrogen and oxygen atoms in total. The van der Waals surface area contributed by atoms with Gasteiger partial charge in [0.1, 0.15) is 0 Å². The van der Waals surface area contributed by atoms with E-state index >= 15 is 0 Å². The van der Waals surface area contributed by atoms with Crippen molar-refractivity contribution in [3.8, 4) is 0 Å². The number of likely N-dealkylation sites (N-methyl/N-ethyl adjacent to an activating group) is 1. The minimum atomic E-state index is -0.763. The molecule has 0 fully saturated rings. The van der Waals surface area contributed by atoms with Crippen molar-refractivity contribution in [2.75, 3.05) is 21.1 Å². The van der Waals surface area contributed by atoms with E-state index in [0.717, 1.165) is 10.6 Å². The molecule has 0 aromatic heterocycles. The predicted molar refractivity (Wildman–Crippen MR) is 62.5 cm³/mol. The van der Waals surface area contributed by atoms with Gasteiger partial charge in [-0.3, -0.25) is 0 Å². The van der Waals surface area contributed by atoms with E-state index in [1.165, 1.54) is 0 Å². The fourth-order valence-corrected chi connectivity index (χ4v) is 1.81. The fraction of sp³-hybridized carbons (Fsp3) is 0.600. The van der Waals surface area contributed by atoms with Gasteiger partial charge >= 0.3 is 5.97 Å². The van der Waals surface area contributed by atoms with Crippen LogP contribution in [0.5, 0.6) is 0 Å². The van der Waals surface area contributed by atoms with E-state index in [9.17, 15) is 4.79 Å². The third-order valence-electron chi connectivity index (χ3n) is 2.50. The number of carboxylic acids is 1.